The highest BCUT2D eigenvalue weighted by atomic mass is 16.2. The standard InChI is InChI=1S/C23H22N2O/c1-2-8-19-20(15-14-17-9-4-3-5-10-17)25(23(19)26)21-13-6-11-18-12-7-16-24-22(18)21/h2-7,9-13,16,19-20H,1,8,14-15H2. The van der Waals surface area contributed by atoms with Crippen molar-refractivity contribution in [3.05, 3.63) is 85.1 Å². The van der Waals surface area contributed by atoms with Gasteiger partial charge >= 0.3 is 0 Å². The molecule has 4 rings (SSSR count). The zero-order chi connectivity index (χ0) is 17.9. The van der Waals surface area contributed by atoms with Gasteiger partial charge in [-0.2, -0.15) is 0 Å². The number of aryl methyl sites for hydroxylation is 1. The molecule has 1 aliphatic heterocycles. The minimum Gasteiger partial charge on any atom is -0.306 e. The third kappa shape index (κ3) is 2.90. The van der Waals surface area contributed by atoms with Crippen LogP contribution in [0.25, 0.3) is 10.9 Å². The van der Waals surface area contributed by atoms with E-state index < -0.39 is 0 Å². The highest BCUT2D eigenvalue weighted by Crippen LogP contribution is 2.39. The van der Waals surface area contributed by atoms with Crippen molar-refractivity contribution in [3.8, 4) is 0 Å². The molecular formula is C23H22N2O. The van der Waals surface area contributed by atoms with Gasteiger partial charge in [-0.1, -0.05) is 54.6 Å². The predicted molar refractivity (Wildman–Crippen MR) is 106 cm³/mol. The summed E-state index contributed by atoms with van der Waals surface area (Å²) >= 11 is 0. The fourth-order valence-corrected chi connectivity index (χ4v) is 3.91. The van der Waals surface area contributed by atoms with Crippen molar-refractivity contribution in [2.24, 2.45) is 5.92 Å². The predicted octanol–water partition coefficient (Wildman–Crippen LogP) is 4.78. The maximum Gasteiger partial charge on any atom is 0.232 e. The van der Waals surface area contributed by atoms with Crippen LogP contribution < -0.4 is 4.90 Å². The number of anilines is 1. The average molecular weight is 342 g/mol. The van der Waals surface area contributed by atoms with Gasteiger partial charge < -0.3 is 4.90 Å². The van der Waals surface area contributed by atoms with Gasteiger partial charge in [0, 0.05) is 17.6 Å². The number of carbonyl (C=O) groups is 1. The molecule has 2 atom stereocenters. The number of rotatable bonds is 6. The molecule has 3 nitrogen and oxygen atoms in total. The van der Waals surface area contributed by atoms with Crippen molar-refractivity contribution < 1.29 is 4.79 Å². The Balaban J connectivity index is 1.64. The summed E-state index contributed by atoms with van der Waals surface area (Å²) < 4.78 is 0. The summed E-state index contributed by atoms with van der Waals surface area (Å²) in [6, 6.07) is 20.7. The molecule has 0 N–H and O–H groups in total. The lowest BCUT2D eigenvalue weighted by Crippen LogP contribution is -2.61. The van der Waals surface area contributed by atoms with E-state index in [4.69, 9.17) is 0 Å². The zero-order valence-electron chi connectivity index (χ0n) is 14.7. The molecule has 0 spiro atoms. The van der Waals surface area contributed by atoms with Gasteiger partial charge in [0.25, 0.3) is 0 Å². The van der Waals surface area contributed by atoms with Crippen LogP contribution in [0.3, 0.4) is 0 Å². The van der Waals surface area contributed by atoms with Crippen molar-refractivity contribution in [2.75, 3.05) is 4.90 Å². The van der Waals surface area contributed by atoms with Crippen molar-refractivity contribution in [3.63, 3.8) is 0 Å². The average Bonchev–Trinajstić information content (AvgIpc) is 2.70. The van der Waals surface area contributed by atoms with Crippen LogP contribution in [-0.2, 0) is 11.2 Å². The maximum atomic E-state index is 12.9. The third-order valence-electron chi connectivity index (χ3n) is 5.21. The molecule has 1 amide bonds. The highest BCUT2D eigenvalue weighted by Gasteiger charge is 2.47. The largest absolute Gasteiger partial charge is 0.306 e. The van der Waals surface area contributed by atoms with E-state index in [1.165, 1.54) is 5.56 Å². The third-order valence-corrected chi connectivity index (χ3v) is 5.21. The molecule has 130 valence electrons. The fourth-order valence-electron chi connectivity index (χ4n) is 3.91. The topological polar surface area (TPSA) is 33.2 Å². The minimum absolute atomic E-state index is 0.0233. The van der Waals surface area contributed by atoms with Crippen molar-refractivity contribution in [1.82, 2.24) is 4.98 Å². The number of para-hydroxylation sites is 1. The Hall–Kier alpha value is -2.94. The molecule has 2 heterocycles. The Morgan fingerprint density at radius 1 is 1.04 bits per heavy atom. The summed E-state index contributed by atoms with van der Waals surface area (Å²) in [6.45, 7) is 3.83. The normalized spacial score (nSPS) is 19.4. The van der Waals surface area contributed by atoms with Crippen molar-refractivity contribution in [2.45, 2.75) is 25.3 Å². The number of benzene rings is 2. The summed E-state index contributed by atoms with van der Waals surface area (Å²) in [5.41, 5.74) is 3.12. The van der Waals surface area contributed by atoms with Gasteiger partial charge in [-0.3, -0.25) is 9.78 Å². The Morgan fingerprint density at radius 2 is 1.85 bits per heavy atom. The maximum absolute atomic E-state index is 12.9. The Morgan fingerprint density at radius 3 is 2.65 bits per heavy atom. The van der Waals surface area contributed by atoms with Crippen LogP contribution in [-0.4, -0.2) is 16.9 Å². The van der Waals surface area contributed by atoms with Gasteiger partial charge in [0.1, 0.15) is 0 Å². The molecule has 3 aromatic rings. The second-order valence-corrected chi connectivity index (χ2v) is 6.78. The Kier molecular flexibility index (Phi) is 4.53. The molecule has 0 radical (unpaired) electrons. The van der Waals surface area contributed by atoms with Gasteiger partial charge in [0.05, 0.1) is 17.1 Å². The quantitative estimate of drug-likeness (QED) is 0.477. The minimum atomic E-state index is 0.0233. The number of amides is 1. The molecule has 2 aromatic carbocycles. The van der Waals surface area contributed by atoms with E-state index in [1.807, 2.05) is 47.4 Å². The second-order valence-electron chi connectivity index (χ2n) is 6.78. The van der Waals surface area contributed by atoms with Crippen LogP contribution >= 0.6 is 0 Å². The Bertz CT molecular complexity index is 930. The van der Waals surface area contributed by atoms with E-state index in [2.05, 4.69) is 35.8 Å². The summed E-state index contributed by atoms with van der Waals surface area (Å²) in [4.78, 5) is 19.3. The number of nitrogens with zero attached hydrogens (tertiary/aromatic N) is 2. The van der Waals surface area contributed by atoms with Gasteiger partial charge in [-0.25, -0.2) is 0 Å². The van der Waals surface area contributed by atoms with Crippen molar-refractivity contribution in [1.29, 1.82) is 0 Å². The van der Waals surface area contributed by atoms with E-state index in [1.54, 1.807) is 6.20 Å². The smallest absolute Gasteiger partial charge is 0.232 e. The number of β-lactam (4-membered cyclic amide) rings is 1. The highest BCUT2D eigenvalue weighted by molar-refractivity contribution is 6.08. The summed E-state index contributed by atoms with van der Waals surface area (Å²) in [6.07, 6.45) is 6.28. The summed E-state index contributed by atoms with van der Waals surface area (Å²) in [7, 11) is 0. The first-order valence-electron chi connectivity index (χ1n) is 9.11. The van der Waals surface area contributed by atoms with Gasteiger partial charge in [-0.15, -0.1) is 6.58 Å². The molecule has 2 unspecified atom stereocenters. The van der Waals surface area contributed by atoms with Crippen LogP contribution in [0.1, 0.15) is 18.4 Å². The van der Waals surface area contributed by atoms with Crippen LogP contribution in [0, 0.1) is 5.92 Å². The molecule has 1 aliphatic rings. The van der Waals surface area contributed by atoms with E-state index in [-0.39, 0.29) is 17.9 Å². The number of hydrogen-bond acceptors (Lipinski definition) is 2. The number of carbonyl (C=O) groups excluding carboxylic acids is 1. The molecular weight excluding hydrogens is 320 g/mol. The molecule has 1 fully saturated rings. The second kappa shape index (κ2) is 7.12. The molecule has 26 heavy (non-hydrogen) atoms. The number of hydrogen-bond donors (Lipinski definition) is 0. The Labute approximate surface area is 154 Å². The molecule has 0 saturated carbocycles. The van der Waals surface area contributed by atoms with Gasteiger partial charge in [0.15, 0.2) is 0 Å². The fraction of sp³-hybridized carbons (Fsp3) is 0.217. The molecule has 0 aliphatic carbocycles. The molecule has 1 aromatic heterocycles. The van der Waals surface area contributed by atoms with Crippen LogP contribution in [0.2, 0.25) is 0 Å². The lowest BCUT2D eigenvalue weighted by Gasteiger charge is -2.47. The first-order chi connectivity index (χ1) is 12.8. The number of allylic oxidation sites excluding steroid dienone is 1. The van der Waals surface area contributed by atoms with Gasteiger partial charge in [-0.05, 0) is 37.0 Å². The monoisotopic (exact) mass is 342 g/mol. The van der Waals surface area contributed by atoms with Crippen LogP contribution in [0.4, 0.5) is 5.69 Å². The summed E-state index contributed by atoms with van der Waals surface area (Å²) in [5, 5.41) is 1.06. The summed E-state index contributed by atoms with van der Waals surface area (Å²) in [5.74, 6) is 0.205. The zero-order valence-corrected chi connectivity index (χ0v) is 14.7. The molecule has 0 bridgehead atoms. The van der Waals surface area contributed by atoms with E-state index in [0.717, 1.165) is 35.9 Å². The first kappa shape index (κ1) is 16.5. The lowest BCUT2D eigenvalue weighted by molar-refractivity contribution is -0.130. The van der Waals surface area contributed by atoms with E-state index >= 15 is 0 Å². The van der Waals surface area contributed by atoms with E-state index in [9.17, 15) is 4.79 Å². The molecule has 3 heteroatoms. The van der Waals surface area contributed by atoms with Crippen molar-refractivity contribution >= 4 is 22.5 Å². The number of aromatic nitrogens is 1. The van der Waals surface area contributed by atoms with E-state index in [0.29, 0.717) is 0 Å². The van der Waals surface area contributed by atoms with Crippen LogP contribution in [0.5, 0.6) is 0 Å². The number of pyridine rings is 1. The first-order valence-corrected chi connectivity index (χ1v) is 9.11. The lowest BCUT2D eigenvalue weighted by atomic mass is 9.80. The SMILES string of the molecule is C=CCC1C(=O)N(c2cccc3cccnc23)C1CCc1ccccc1. The number of fused-ring (bicyclic) bond motifs is 1. The molecule has 1 saturated heterocycles. The van der Waals surface area contributed by atoms with Crippen LogP contribution in [0.15, 0.2) is 79.5 Å². The van der Waals surface area contributed by atoms with Gasteiger partial charge in [0.2, 0.25) is 5.91 Å².